The largest absolute Gasteiger partial charge is 0.496 e. The summed E-state index contributed by atoms with van der Waals surface area (Å²) in [6, 6.07) is 1.48. The molecule has 88 valence electrons. The van der Waals surface area contributed by atoms with Gasteiger partial charge in [-0.15, -0.1) is 0 Å². The van der Waals surface area contributed by atoms with Crippen molar-refractivity contribution in [1.82, 2.24) is 0 Å². The number of halogens is 4. The first-order chi connectivity index (χ1) is 7.27. The highest BCUT2D eigenvalue weighted by Gasteiger charge is 2.34. The first kappa shape index (κ1) is 12.6. The van der Waals surface area contributed by atoms with Gasteiger partial charge in [-0.05, 0) is 6.07 Å². The average Bonchev–Trinajstić information content (AvgIpc) is 2.14. The zero-order valence-corrected chi connectivity index (χ0v) is 8.82. The molecule has 1 amide bonds. The number of nitrogens with two attached hydrogens (primary N) is 1. The Labute approximate surface area is 93.9 Å². The van der Waals surface area contributed by atoms with E-state index in [1.54, 1.807) is 0 Å². The van der Waals surface area contributed by atoms with Crippen LogP contribution in [0, 0.1) is 0 Å². The second-order valence-corrected chi connectivity index (χ2v) is 3.30. The van der Waals surface area contributed by atoms with Crippen LogP contribution in [0.15, 0.2) is 12.1 Å². The molecule has 0 radical (unpaired) electrons. The molecule has 0 heterocycles. The third-order valence-corrected chi connectivity index (χ3v) is 2.17. The van der Waals surface area contributed by atoms with Crippen LogP contribution in [0.1, 0.15) is 15.9 Å². The number of benzene rings is 1. The Bertz CT molecular complexity index is 431. The summed E-state index contributed by atoms with van der Waals surface area (Å²) in [4.78, 5) is 10.9. The lowest BCUT2D eigenvalue weighted by Crippen LogP contribution is -2.15. The number of carbonyl (C=O) groups is 1. The monoisotopic (exact) mass is 253 g/mol. The van der Waals surface area contributed by atoms with Crippen molar-refractivity contribution in [3.63, 3.8) is 0 Å². The lowest BCUT2D eigenvalue weighted by Gasteiger charge is -2.12. The topological polar surface area (TPSA) is 52.3 Å². The van der Waals surface area contributed by atoms with Gasteiger partial charge >= 0.3 is 6.18 Å². The Hall–Kier alpha value is -1.43. The van der Waals surface area contributed by atoms with E-state index in [4.69, 9.17) is 22.1 Å². The highest BCUT2D eigenvalue weighted by molar-refractivity contribution is 6.31. The Morgan fingerprint density at radius 2 is 2.00 bits per heavy atom. The third-order valence-electron chi connectivity index (χ3n) is 1.86. The second kappa shape index (κ2) is 4.21. The Balaban J connectivity index is 3.45. The highest BCUT2D eigenvalue weighted by atomic mass is 35.5. The van der Waals surface area contributed by atoms with Crippen molar-refractivity contribution >= 4 is 17.5 Å². The van der Waals surface area contributed by atoms with Crippen molar-refractivity contribution in [1.29, 1.82) is 0 Å². The fourth-order valence-corrected chi connectivity index (χ4v) is 1.39. The molecule has 3 nitrogen and oxygen atoms in total. The van der Waals surface area contributed by atoms with Gasteiger partial charge in [0, 0.05) is 6.07 Å². The molecule has 1 aromatic carbocycles. The molecule has 0 aliphatic carbocycles. The number of alkyl halides is 3. The summed E-state index contributed by atoms with van der Waals surface area (Å²) < 4.78 is 42.1. The Kier molecular flexibility index (Phi) is 3.32. The van der Waals surface area contributed by atoms with Gasteiger partial charge in [0.25, 0.3) is 5.91 Å². The molecule has 1 aromatic rings. The van der Waals surface area contributed by atoms with Crippen LogP contribution in [-0.2, 0) is 6.18 Å². The number of hydrogen-bond acceptors (Lipinski definition) is 2. The number of ether oxygens (including phenoxy) is 1. The Morgan fingerprint density at radius 3 is 2.38 bits per heavy atom. The van der Waals surface area contributed by atoms with Gasteiger partial charge < -0.3 is 10.5 Å². The summed E-state index contributed by atoms with van der Waals surface area (Å²) in [6.45, 7) is 0. The van der Waals surface area contributed by atoms with Crippen molar-refractivity contribution in [2.24, 2.45) is 5.73 Å². The van der Waals surface area contributed by atoms with E-state index in [1.165, 1.54) is 7.11 Å². The molecule has 0 aliphatic heterocycles. The number of methoxy groups -OCH3 is 1. The van der Waals surface area contributed by atoms with Gasteiger partial charge in [0.2, 0.25) is 0 Å². The van der Waals surface area contributed by atoms with Crippen LogP contribution in [0.2, 0.25) is 5.02 Å². The standard InChI is InChI=1S/C9H7ClF3NO2/c1-16-7-3-6(10)5(9(11,12)13)2-4(7)8(14)15/h2-3H,1H3,(H2,14,15). The molecular weight excluding hydrogens is 247 g/mol. The van der Waals surface area contributed by atoms with Gasteiger partial charge in [-0.2, -0.15) is 13.2 Å². The van der Waals surface area contributed by atoms with E-state index < -0.39 is 22.7 Å². The van der Waals surface area contributed by atoms with Crippen LogP contribution in [0.3, 0.4) is 0 Å². The predicted molar refractivity (Wildman–Crippen MR) is 51.5 cm³/mol. The molecule has 7 heteroatoms. The maximum atomic E-state index is 12.5. The van der Waals surface area contributed by atoms with Crippen molar-refractivity contribution < 1.29 is 22.7 Å². The minimum Gasteiger partial charge on any atom is -0.496 e. The molecule has 0 atom stereocenters. The summed E-state index contributed by atoms with van der Waals surface area (Å²) in [6.07, 6.45) is -4.65. The fraction of sp³-hybridized carbons (Fsp3) is 0.222. The number of rotatable bonds is 2. The van der Waals surface area contributed by atoms with E-state index >= 15 is 0 Å². The molecule has 1 rings (SSSR count). The van der Waals surface area contributed by atoms with Crippen LogP contribution in [0.4, 0.5) is 13.2 Å². The summed E-state index contributed by atoms with van der Waals surface area (Å²) in [5, 5.41) is -0.547. The highest BCUT2D eigenvalue weighted by Crippen LogP contribution is 2.38. The van der Waals surface area contributed by atoms with Gasteiger partial charge in [0.1, 0.15) is 5.75 Å². The number of amides is 1. The van der Waals surface area contributed by atoms with E-state index in [2.05, 4.69) is 0 Å². The first-order valence-electron chi connectivity index (χ1n) is 4.02. The van der Waals surface area contributed by atoms with Crippen molar-refractivity contribution in [3.05, 3.63) is 28.3 Å². The van der Waals surface area contributed by atoms with Crippen molar-refractivity contribution in [2.45, 2.75) is 6.18 Å². The van der Waals surface area contributed by atoms with E-state index in [9.17, 15) is 18.0 Å². The third kappa shape index (κ3) is 2.38. The molecule has 0 fully saturated rings. The minimum absolute atomic E-state index is 0.0921. The van der Waals surface area contributed by atoms with Gasteiger partial charge in [-0.25, -0.2) is 0 Å². The molecular formula is C9H7ClF3NO2. The molecule has 0 saturated heterocycles. The van der Waals surface area contributed by atoms with Gasteiger partial charge in [0.15, 0.2) is 0 Å². The van der Waals surface area contributed by atoms with E-state index in [0.29, 0.717) is 6.07 Å². The maximum absolute atomic E-state index is 12.5. The minimum atomic E-state index is -4.65. The predicted octanol–water partition coefficient (Wildman–Crippen LogP) is 2.47. The van der Waals surface area contributed by atoms with E-state index in [1.807, 2.05) is 0 Å². The summed E-state index contributed by atoms with van der Waals surface area (Å²) in [5.74, 6) is -1.11. The van der Waals surface area contributed by atoms with Crippen LogP contribution < -0.4 is 10.5 Å². The SMILES string of the molecule is COc1cc(Cl)c(C(F)(F)F)cc1C(N)=O. The van der Waals surface area contributed by atoms with Crippen LogP contribution >= 0.6 is 11.6 Å². The van der Waals surface area contributed by atoms with E-state index in [-0.39, 0.29) is 11.3 Å². The molecule has 0 aromatic heterocycles. The van der Waals surface area contributed by atoms with Gasteiger partial charge in [-0.3, -0.25) is 4.79 Å². The Morgan fingerprint density at radius 1 is 1.44 bits per heavy atom. The molecule has 0 bridgehead atoms. The smallest absolute Gasteiger partial charge is 0.417 e. The fourth-order valence-electron chi connectivity index (χ4n) is 1.13. The zero-order valence-electron chi connectivity index (χ0n) is 8.06. The van der Waals surface area contributed by atoms with Crippen LogP contribution in [-0.4, -0.2) is 13.0 Å². The first-order valence-corrected chi connectivity index (χ1v) is 4.39. The second-order valence-electron chi connectivity index (χ2n) is 2.89. The summed E-state index contributed by atoms with van der Waals surface area (Å²) >= 11 is 5.42. The zero-order chi connectivity index (χ0) is 12.5. The lowest BCUT2D eigenvalue weighted by atomic mass is 10.1. The molecule has 0 unspecified atom stereocenters. The lowest BCUT2D eigenvalue weighted by molar-refractivity contribution is -0.137. The van der Waals surface area contributed by atoms with E-state index in [0.717, 1.165) is 6.07 Å². The summed E-state index contributed by atoms with van der Waals surface area (Å²) in [5.41, 5.74) is 3.44. The van der Waals surface area contributed by atoms with Crippen molar-refractivity contribution in [3.8, 4) is 5.75 Å². The normalized spacial score (nSPS) is 11.3. The number of carbonyl (C=O) groups excluding carboxylic acids is 1. The molecule has 2 N–H and O–H groups in total. The molecule has 16 heavy (non-hydrogen) atoms. The summed E-state index contributed by atoms with van der Waals surface area (Å²) in [7, 11) is 1.20. The van der Waals surface area contributed by atoms with Gasteiger partial charge in [0.05, 0.1) is 23.3 Å². The number of hydrogen-bond donors (Lipinski definition) is 1. The molecule has 0 spiro atoms. The average molecular weight is 254 g/mol. The quantitative estimate of drug-likeness (QED) is 0.880. The van der Waals surface area contributed by atoms with Crippen molar-refractivity contribution in [2.75, 3.05) is 7.11 Å². The van der Waals surface area contributed by atoms with Crippen LogP contribution in [0.25, 0.3) is 0 Å². The molecule has 0 saturated carbocycles. The van der Waals surface area contributed by atoms with Gasteiger partial charge in [-0.1, -0.05) is 11.6 Å². The maximum Gasteiger partial charge on any atom is 0.417 e. The number of primary amides is 1. The van der Waals surface area contributed by atoms with Crippen LogP contribution in [0.5, 0.6) is 5.75 Å². The molecule has 0 aliphatic rings.